The van der Waals surface area contributed by atoms with E-state index in [0.29, 0.717) is 18.3 Å². The largest absolute Gasteiger partial charge is 0.489 e. The van der Waals surface area contributed by atoms with Crippen LogP contribution in [0, 0.1) is 5.82 Å². The zero-order valence-electron chi connectivity index (χ0n) is 16.6. The highest BCUT2D eigenvalue weighted by Gasteiger charge is 2.27. The molecule has 1 aromatic carbocycles. The Morgan fingerprint density at radius 2 is 2.00 bits per heavy atom. The van der Waals surface area contributed by atoms with Gasteiger partial charge in [-0.25, -0.2) is 4.39 Å². The summed E-state index contributed by atoms with van der Waals surface area (Å²) in [5, 5.41) is 6.87. The molecule has 1 heterocycles. The number of benzene rings is 1. The van der Waals surface area contributed by atoms with Gasteiger partial charge in [0.25, 0.3) is 0 Å². The monoisotopic (exact) mass is 376 g/mol. The summed E-state index contributed by atoms with van der Waals surface area (Å²) in [7, 11) is 1.79. The molecule has 6 heteroatoms. The molecule has 1 saturated heterocycles. The van der Waals surface area contributed by atoms with Gasteiger partial charge in [0.1, 0.15) is 17.7 Å². The van der Waals surface area contributed by atoms with Crippen molar-refractivity contribution in [2.24, 2.45) is 4.99 Å². The van der Waals surface area contributed by atoms with Crippen LogP contribution in [-0.2, 0) is 0 Å². The summed E-state index contributed by atoms with van der Waals surface area (Å²) in [5.41, 5.74) is 0. The molecule has 0 amide bonds. The van der Waals surface area contributed by atoms with Crippen LogP contribution in [0.5, 0.6) is 5.75 Å². The van der Waals surface area contributed by atoms with Gasteiger partial charge >= 0.3 is 0 Å². The van der Waals surface area contributed by atoms with Crippen molar-refractivity contribution in [1.29, 1.82) is 0 Å². The topological polar surface area (TPSA) is 48.9 Å². The average Bonchev–Trinajstić information content (AvgIpc) is 3.20. The van der Waals surface area contributed by atoms with Gasteiger partial charge in [0.15, 0.2) is 5.96 Å². The molecule has 150 valence electrons. The first-order valence-corrected chi connectivity index (χ1v) is 10.3. The van der Waals surface area contributed by atoms with Crippen LogP contribution < -0.4 is 15.4 Å². The highest BCUT2D eigenvalue weighted by atomic mass is 19.1. The third kappa shape index (κ3) is 6.09. The summed E-state index contributed by atoms with van der Waals surface area (Å²) in [6.45, 7) is 4.93. The van der Waals surface area contributed by atoms with Gasteiger partial charge in [0.2, 0.25) is 0 Å². The Hall–Kier alpha value is -1.82. The smallest absolute Gasteiger partial charge is 0.191 e. The first-order chi connectivity index (χ1) is 13.1. The molecule has 5 nitrogen and oxygen atoms in total. The molecule has 2 aliphatic rings. The van der Waals surface area contributed by atoms with E-state index in [1.165, 1.54) is 50.9 Å². The van der Waals surface area contributed by atoms with Crippen molar-refractivity contribution in [2.45, 2.75) is 63.6 Å². The number of guanidine groups is 1. The number of hydrogen-bond donors (Lipinski definition) is 2. The number of nitrogens with zero attached hydrogens (tertiary/aromatic N) is 2. The zero-order valence-corrected chi connectivity index (χ0v) is 16.6. The maximum absolute atomic E-state index is 13.2. The van der Waals surface area contributed by atoms with Crippen LogP contribution in [0.25, 0.3) is 0 Å². The van der Waals surface area contributed by atoms with Gasteiger partial charge in [-0.3, -0.25) is 4.99 Å². The minimum Gasteiger partial charge on any atom is -0.489 e. The number of hydrogen-bond acceptors (Lipinski definition) is 3. The summed E-state index contributed by atoms with van der Waals surface area (Å²) >= 11 is 0. The molecule has 1 aliphatic carbocycles. The Labute approximate surface area is 162 Å². The number of ether oxygens (including phenoxy) is 1. The van der Waals surface area contributed by atoms with E-state index in [4.69, 9.17) is 4.74 Å². The lowest BCUT2D eigenvalue weighted by Crippen LogP contribution is -2.51. The summed E-state index contributed by atoms with van der Waals surface area (Å²) in [4.78, 5) is 7.01. The molecule has 1 aromatic rings. The first kappa shape index (κ1) is 19.9. The summed E-state index contributed by atoms with van der Waals surface area (Å²) in [6, 6.07) is 7.53. The van der Waals surface area contributed by atoms with Crippen molar-refractivity contribution in [3.05, 3.63) is 30.1 Å². The van der Waals surface area contributed by atoms with Gasteiger partial charge in [-0.15, -0.1) is 0 Å². The SMILES string of the molecule is CN=C(NCC(C)Oc1cccc(F)c1)NC1CCN(C2CCCC2)CC1. The van der Waals surface area contributed by atoms with Gasteiger partial charge in [-0.1, -0.05) is 18.9 Å². The van der Waals surface area contributed by atoms with Crippen LogP contribution in [0.2, 0.25) is 0 Å². The molecule has 2 N–H and O–H groups in total. The van der Waals surface area contributed by atoms with Gasteiger partial charge in [0.05, 0.1) is 6.54 Å². The lowest BCUT2D eigenvalue weighted by atomic mass is 10.0. The lowest BCUT2D eigenvalue weighted by molar-refractivity contribution is 0.150. The molecule has 1 atom stereocenters. The van der Waals surface area contributed by atoms with Crippen LogP contribution in [0.1, 0.15) is 45.4 Å². The van der Waals surface area contributed by atoms with Crippen LogP contribution in [0.3, 0.4) is 0 Å². The highest BCUT2D eigenvalue weighted by Crippen LogP contribution is 2.26. The normalized spacial score (nSPS) is 21.2. The Morgan fingerprint density at radius 1 is 1.26 bits per heavy atom. The van der Waals surface area contributed by atoms with Gasteiger partial charge < -0.3 is 20.3 Å². The fourth-order valence-electron chi connectivity index (χ4n) is 4.12. The third-order valence-electron chi connectivity index (χ3n) is 5.63. The Bertz CT molecular complexity index is 610. The number of nitrogens with one attached hydrogen (secondary N) is 2. The fraction of sp³-hybridized carbons (Fsp3) is 0.667. The highest BCUT2D eigenvalue weighted by molar-refractivity contribution is 5.80. The Balaban J connectivity index is 1.38. The van der Waals surface area contributed by atoms with Gasteiger partial charge in [0, 0.05) is 38.3 Å². The van der Waals surface area contributed by atoms with Crippen molar-refractivity contribution < 1.29 is 9.13 Å². The van der Waals surface area contributed by atoms with E-state index in [0.717, 1.165) is 24.8 Å². The van der Waals surface area contributed by atoms with Crippen LogP contribution in [-0.4, -0.2) is 55.7 Å². The molecule has 0 radical (unpaired) electrons. The van der Waals surface area contributed by atoms with Crippen molar-refractivity contribution in [1.82, 2.24) is 15.5 Å². The minimum absolute atomic E-state index is 0.0884. The predicted octanol–water partition coefficient (Wildman–Crippen LogP) is 3.17. The van der Waals surface area contributed by atoms with Crippen molar-refractivity contribution in [3.8, 4) is 5.75 Å². The summed E-state index contributed by atoms with van der Waals surface area (Å²) < 4.78 is 19.0. The van der Waals surface area contributed by atoms with Gasteiger partial charge in [-0.05, 0) is 44.7 Å². The quantitative estimate of drug-likeness (QED) is 0.591. The van der Waals surface area contributed by atoms with Crippen LogP contribution in [0.4, 0.5) is 4.39 Å². The van der Waals surface area contributed by atoms with Crippen molar-refractivity contribution in [2.75, 3.05) is 26.7 Å². The second kappa shape index (κ2) is 9.93. The van der Waals surface area contributed by atoms with Crippen LogP contribution in [0.15, 0.2) is 29.3 Å². The molecule has 1 aliphatic heterocycles. The second-order valence-corrected chi connectivity index (χ2v) is 7.73. The number of halogens is 1. The zero-order chi connectivity index (χ0) is 19.1. The van der Waals surface area contributed by atoms with Crippen LogP contribution >= 0.6 is 0 Å². The average molecular weight is 377 g/mol. The standard InChI is InChI=1S/C21H33FN4O/c1-16(27-20-9-5-6-17(22)14-20)15-24-21(23-2)25-18-10-12-26(13-11-18)19-7-3-4-8-19/h5-6,9,14,16,18-19H,3-4,7-8,10-13,15H2,1-2H3,(H2,23,24,25). The third-order valence-corrected chi connectivity index (χ3v) is 5.63. The van der Waals surface area contributed by atoms with Gasteiger partial charge in [-0.2, -0.15) is 0 Å². The van der Waals surface area contributed by atoms with E-state index in [1.807, 2.05) is 6.92 Å². The molecule has 1 saturated carbocycles. The molecule has 0 aromatic heterocycles. The Morgan fingerprint density at radius 3 is 2.67 bits per heavy atom. The molecular weight excluding hydrogens is 343 g/mol. The Kier molecular flexibility index (Phi) is 7.33. The summed E-state index contributed by atoms with van der Waals surface area (Å²) in [5.74, 6) is 1.07. The van der Waals surface area contributed by atoms with E-state index in [9.17, 15) is 4.39 Å². The van der Waals surface area contributed by atoms with E-state index in [1.54, 1.807) is 19.2 Å². The molecule has 3 rings (SSSR count). The maximum Gasteiger partial charge on any atom is 0.191 e. The fourth-order valence-corrected chi connectivity index (χ4v) is 4.12. The molecular formula is C21H33FN4O. The van der Waals surface area contributed by atoms with E-state index in [-0.39, 0.29) is 11.9 Å². The number of aliphatic imine (C=N–C) groups is 1. The number of piperidine rings is 1. The van der Waals surface area contributed by atoms with Crippen molar-refractivity contribution in [3.63, 3.8) is 0 Å². The molecule has 27 heavy (non-hydrogen) atoms. The molecule has 0 bridgehead atoms. The summed E-state index contributed by atoms with van der Waals surface area (Å²) in [6.07, 6.45) is 7.79. The molecule has 1 unspecified atom stereocenters. The number of likely N-dealkylation sites (tertiary alicyclic amines) is 1. The lowest BCUT2D eigenvalue weighted by Gasteiger charge is -2.36. The molecule has 2 fully saturated rings. The van der Waals surface area contributed by atoms with E-state index in [2.05, 4.69) is 20.5 Å². The van der Waals surface area contributed by atoms with E-state index < -0.39 is 0 Å². The number of rotatable bonds is 6. The van der Waals surface area contributed by atoms with Crippen molar-refractivity contribution >= 4 is 5.96 Å². The first-order valence-electron chi connectivity index (χ1n) is 10.3. The van der Waals surface area contributed by atoms with E-state index >= 15 is 0 Å². The second-order valence-electron chi connectivity index (χ2n) is 7.73. The minimum atomic E-state index is -0.283. The molecule has 0 spiro atoms. The maximum atomic E-state index is 13.2. The predicted molar refractivity (Wildman–Crippen MR) is 108 cm³/mol.